The molecule has 2 aromatic carbocycles. The minimum Gasteiger partial charge on any atom is -0.506 e. The average molecular weight is 510 g/mol. The smallest absolute Gasteiger partial charge is 0.266 e. The molecule has 140 valence electrons. The number of nitrogens with zero attached hydrogens (tertiary/aromatic N) is 2. The van der Waals surface area contributed by atoms with Gasteiger partial charge in [-0.3, -0.25) is 9.69 Å². The number of thioether (sulfide) groups is 1. The molecule has 1 fully saturated rings. The van der Waals surface area contributed by atoms with Crippen LogP contribution >= 0.6 is 43.6 Å². The Bertz CT molecular complexity index is 963. The van der Waals surface area contributed by atoms with E-state index >= 15 is 0 Å². The Hall–Kier alpha value is -1.57. The van der Waals surface area contributed by atoms with Crippen LogP contribution in [0.3, 0.4) is 0 Å². The SMILES string of the molecule is CCN1C(=O)/C(=C\c2cc(Br)c(O)c(Br)c2)SC1=Nc1cc(C)ccc1C. The normalized spacial score (nSPS) is 17.4. The fourth-order valence-electron chi connectivity index (χ4n) is 2.63. The molecule has 3 rings (SSSR count). The summed E-state index contributed by atoms with van der Waals surface area (Å²) in [4.78, 5) is 19.8. The van der Waals surface area contributed by atoms with Crippen molar-refractivity contribution in [2.75, 3.05) is 6.54 Å². The summed E-state index contributed by atoms with van der Waals surface area (Å²) in [5.74, 6) is 0.0711. The van der Waals surface area contributed by atoms with Crippen molar-refractivity contribution in [3.8, 4) is 5.75 Å². The molecular formula is C20H18Br2N2O2S. The van der Waals surface area contributed by atoms with Gasteiger partial charge in [-0.25, -0.2) is 4.99 Å². The first-order valence-corrected chi connectivity index (χ1v) is 10.8. The van der Waals surface area contributed by atoms with E-state index in [2.05, 4.69) is 37.9 Å². The van der Waals surface area contributed by atoms with E-state index in [1.807, 2.05) is 39.0 Å². The number of phenols is 1. The van der Waals surface area contributed by atoms with Crippen LogP contribution in [0.4, 0.5) is 5.69 Å². The van der Waals surface area contributed by atoms with Crippen molar-refractivity contribution < 1.29 is 9.90 Å². The molecule has 0 spiro atoms. The molecule has 1 N–H and O–H groups in total. The Morgan fingerprint density at radius 1 is 1.19 bits per heavy atom. The van der Waals surface area contributed by atoms with Crippen LogP contribution in [0.5, 0.6) is 5.75 Å². The van der Waals surface area contributed by atoms with Crippen LogP contribution in [0.2, 0.25) is 0 Å². The Labute approximate surface area is 179 Å². The number of amides is 1. The highest BCUT2D eigenvalue weighted by molar-refractivity contribution is 9.11. The molecule has 27 heavy (non-hydrogen) atoms. The van der Waals surface area contributed by atoms with E-state index < -0.39 is 0 Å². The van der Waals surface area contributed by atoms with Gasteiger partial charge in [-0.2, -0.15) is 0 Å². The lowest BCUT2D eigenvalue weighted by molar-refractivity contribution is -0.122. The second kappa shape index (κ2) is 8.20. The molecule has 1 saturated heterocycles. The Morgan fingerprint density at radius 2 is 1.85 bits per heavy atom. The number of aryl methyl sites for hydroxylation is 2. The number of benzene rings is 2. The number of likely N-dealkylation sites (N-methyl/N-ethyl adjacent to an activating group) is 1. The van der Waals surface area contributed by atoms with Crippen molar-refractivity contribution in [1.82, 2.24) is 4.90 Å². The summed E-state index contributed by atoms with van der Waals surface area (Å²) in [6.07, 6.45) is 1.82. The monoisotopic (exact) mass is 508 g/mol. The minimum atomic E-state index is -0.0631. The lowest BCUT2D eigenvalue weighted by Gasteiger charge is -2.12. The summed E-state index contributed by atoms with van der Waals surface area (Å²) >= 11 is 8.01. The number of carbonyl (C=O) groups is 1. The third kappa shape index (κ3) is 4.31. The van der Waals surface area contributed by atoms with Crippen molar-refractivity contribution in [3.05, 3.63) is 60.9 Å². The molecule has 0 bridgehead atoms. The van der Waals surface area contributed by atoms with Crippen LogP contribution < -0.4 is 0 Å². The van der Waals surface area contributed by atoms with E-state index in [1.165, 1.54) is 11.8 Å². The summed E-state index contributed by atoms with van der Waals surface area (Å²) in [6, 6.07) is 9.66. The third-order valence-electron chi connectivity index (χ3n) is 4.12. The molecule has 1 amide bonds. The van der Waals surface area contributed by atoms with Crippen molar-refractivity contribution in [2.24, 2.45) is 4.99 Å². The molecule has 0 radical (unpaired) electrons. The number of hydrogen-bond acceptors (Lipinski definition) is 4. The van der Waals surface area contributed by atoms with E-state index in [0.29, 0.717) is 25.6 Å². The fourth-order valence-corrected chi connectivity index (χ4v) is 4.91. The number of amidine groups is 1. The van der Waals surface area contributed by atoms with Gasteiger partial charge in [0.05, 0.1) is 19.5 Å². The van der Waals surface area contributed by atoms with E-state index in [1.54, 1.807) is 17.0 Å². The number of rotatable bonds is 3. The van der Waals surface area contributed by atoms with Gasteiger partial charge in [-0.15, -0.1) is 0 Å². The van der Waals surface area contributed by atoms with Crippen LogP contribution in [-0.2, 0) is 4.79 Å². The zero-order chi connectivity index (χ0) is 19.7. The molecule has 1 heterocycles. The van der Waals surface area contributed by atoms with E-state index in [0.717, 1.165) is 22.4 Å². The average Bonchev–Trinajstić information content (AvgIpc) is 2.90. The Morgan fingerprint density at radius 3 is 2.48 bits per heavy atom. The highest BCUT2D eigenvalue weighted by atomic mass is 79.9. The molecule has 2 aromatic rings. The van der Waals surface area contributed by atoms with Crippen LogP contribution in [0.15, 0.2) is 49.2 Å². The number of phenolic OH excluding ortho intramolecular Hbond substituents is 1. The van der Waals surface area contributed by atoms with Gasteiger partial charge in [-0.05, 0) is 105 Å². The first kappa shape index (κ1) is 20.2. The van der Waals surface area contributed by atoms with Crippen molar-refractivity contribution in [2.45, 2.75) is 20.8 Å². The maximum absolute atomic E-state index is 12.8. The van der Waals surface area contributed by atoms with Gasteiger partial charge in [0.15, 0.2) is 5.17 Å². The van der Waals surface area contributed by atoms with Gasteiger partial charge in [0.25, 0.3) is 5.91 Å². The molecule has 0 atom stereocenters. The molecular weight excluding hydrogens is 492 g/mol. The zero-order valence-corrected chi connectivity index (χ0v) is 19.1. The standard InChI is InChI=1S/C20H18Br2N2O2S/c1-4-24-19(26)17(10-13-8-14(21)18(25)15(22)9-13)27-20(24)23-16-7-11(2)5-6-12(16)3/h5-10,25H,4H2,1-3H3/b17-10+,23-20?. The highest BCUT2D eigenvalue weighted by Gasteiger charge is 2.32. The number of carbonyl (C=O) groups excluding carboxylic acids is 1. The van der Waals surface area contributed by atoms with Crippen molar-refractivity contribution >= 4 is 66.5 Å². The lowest BCUT2D eigenvalue weighted by atomic mass is 10.1. The number of halogens is 2. The third-order valence-corrected chi connectivity index (χ3v) is 6.34. The largest absolute Gasteiger partial charge is 0.506 e. The van der Waals surface area contributed by atoms with Gasteiger partial charge >= 0.3 is 0 Å². The van der Waals surface area contributed by atoms with Crippen LogP contribution in [0.1, 0.15) is 23.6 Å². The van der Waals surface area contributed by atoms with Crippen LogP contribution in [0, 0.1) is 13.8 Å². The topological polar surface area (TPSA) is 52.9 Å². The number of aliphatic imine (C=N–C) groups is 1. The predicted molar refractivity (Wildman–Crippen MR) is 119 cm³/mol. The molecule has 0 aliphatic carbocycles. The predicted octanol–water partition coefficient (Wildman–Crippen LogP) is 6.16. The first-order valence-electron chi connectivity index (χ1n) is 8.35. The first-order chi connectivity index (χ1) is 12.8. The van der Waals surface area contributed by atoms with Crippen LogP contribution in [-0.4, -0.2) is 27.6 Å². The Kier molecular flexibility index (Phi) is 6.13. The maximum Gasteiger partial charge on any atom is 0.266 e. The zero-order valence-electron chi connectivity index (χ0n) is 15.1. The maximum atomic E-state index is 12.8. The second-order valence-electron chi connectivity index (χ2n) is 6.18. The summed E-state index contributed by atoms with van der Waals surface area (Å²) in [5.41, 5.74) is 3.89. The number of aromatic hydroxyl groups is 1. The Balaban J connectivity index is 2.00. The molecule has 1 aliphatic rings. The van der Waals surface area contributed by atoms with Gasteiger partial charge in [-0.1, -0.05) is 12.1 Å². The van der Waals surface area contributed by atoms with E-state index in [9.17, 15) is 9.90 Å². The molecule has 4 nitrogen and oxygen atoms in total. The minimum absolute atomic E-state index is 0.0631. The molecule has 0 aromatic heterocycles. The highest BCUT2D eigenvalue weighted by Crippen LogP contribution is 2.37. The number of hydrogen-bond donors (Lipinski definition) is 1. The van der Waals surface area contributed by atoms with Crippen molar-refractivity contribution in [1.29, 1.82) is 0 Å². The van der Waals surface area contributed by atoms with Gasteiger partial charge in [0.1, 0.15) is 5.75 Å². The lowest BCUT2D eigenvalue weighted by Crippen LogP contribution is -2.28. The second-order valence-corrected chi connectivity index (χ2v) is 8.90. The summed E-state index contributed by atoms with van der Waals surface area (Å²) in [7, 11) is 0. The molecule has 7 heteroatoms. The van der Waals surface area contributed by atoms with E-state index in [4.69, 9.17) is 4.99 Å². The fraction of sp³-hybridized carbons (Fsp3) is 0.200. The quantitative estimate of drug-likeness (QED) is 0.504. The summed E-state index contributed by atoms with van der Waals surface area (Å²) < 4.78 is 1.13. The van der Waals surface area contributed by atoms with Gasteiger partial charge < -0.3 is 5.11 Å². The van der Waals surface area contributed by atoms with E-state index in [-0.39, 0.29) is 11.7 Å². The summed E-state index contributed by atoms with van der Waals surface area (Å²) in [6.45, 7) is 6.53. The van der Waals surface area contributed by atoms with Gasteiger partial charge in [0.2, 0.25) is 0 Å². The molecule has 0 unspecified atom stereocenters. The molecule has 1 aliphatic heterocycles. The van der Waals surface area contributed by atoms with Crippen LogP contribution in [0.25, 0.3) is 6.08 Å². The van der Waals surface area contributed by atoms with Gasteiger partial charge in [0, 0.05) is 6.54 Å². The van der Waals surface area contributed by atoms with Crippen molar-refractivity contribution in [3.63, 3.8) is 0 Å². The summed E-state index contributed by atoms with van der Waals surface area (Å²) in [5, 5.41) is 10.5. The molecule has 0 saturated carbocycles.